The van der Waals surface area contributed by atoms with Crippen LogP contribution in [0.25, 0.3) is 0 Å². The van der Waals surface area contributed by atoms with Gasteiger partial charge < -0.3 is 14.9 Å². The van der Waals surface area contributed by atoms with Crippen molar-refractivity contribution in [2.75, 3.05) is 6.61 Å². The van der Waals surface area contributed by atoms with Gasteiger partial charge in [0.1, 0.15) is 12.3 Å². The van der Waals surface area contributed by atoms with Crippen LogP contribution in [-0.2, 0) is 4.74 Å². The van der Waals surface area contributed by atoms with Gasteiger partial charge in [-0.15, -0.1) is 0 Å². The highest BCUT2D eigenvalue weighted by atomic mass is 32.1. The number of ether oxygens (including phenoxy) is 1. The van der Waals surface area contributed by atoms with Crippen molar-refractivity contribution in [3.8, 4) is 0 Å². The molecule has 102 valence electrons. The van der Waals surface area contributed by atoms with Crippen molar-refractivity contribution in [3.63, 3.8) is 0 Å². The topological polar surface area (TPSA) is 87.5 Å². The number of aromatic nitrogens is 2. The summed E-state index contributed by atoms with van der Waals surface area (Å²) in [6, 6.07) is 0. The molecule has 1 rings (SSSR count). The van der Waals surface area contributed by atoms with E-state index in [1.165, 1.54) is 10.8 Å². The number of halogens is 1. The third-order valence-electron chi connectivity index (χ3n) is 2.40. The summed E-state index contributed by atoms with van der Waals surface area (Å²) < 4.78 is 19.3. The number of aromatic amines is 1. The lowest BCUT2D eigenvalue weighted by molar-refractivity contribution is -0.156. The van der Waals surface area contributed by atoms with E-state index in [1.807, 2.05) is 0 Å². The van der Waals surface area contributed by atoms with Gasteiger partial charge in [-0.3, -0.25) is 14.3 Å². The lowest BCUT2D eigenvalue weighted by Crippen LogP contribution is -2.32. The van der Waals surface area contributed by atoms with Gasteiger partial charge in [-0.25, -0.2) is 4.39 Å². The Kier molecular flexibility index (Phi) is 5.15. The second-order valence-corrected chi connectivity index (χ2v) is 4.19. The Morgan fingerprint density at radius 3 is 2.78 bits per heavy atom. The van der Waals surface area contributed by atoms with Crippen LogP contribution in [0, 0.1) is 11.7 Å². The molecule has 0 aromatic carbocycles. The number of hydrogen-bond acceptors (Lipinski definition) is 5. The number of hydrogen-bond donors (Lipinski definition) is 3. The molecule has 0 bridgehead atoms. The summed E-state index contributed by atoms with van der Waals surface area (Å²) in [6.45, 7) is 2.47. The molecule has 0 spiro atoms. The number of rotatable bonds is 5. The second-order valence-electron chi connectivity index (χ2n) is 3.81. The van der Waals surface area contributed by atoms with Crippen molar-refractivity contribution in [3.05, 3.63) is 26.9 Å². The smallest absolute Gasteiger partial charge is 0.254 e. The summed E-state index contributed by atoms with van der Waals surface area (Å²) in [5, 5.41) is 17.6. The average Bonchev–Trinajstić information content (AvgIpc) is 2.29. The molecule has 0 radical (unpaired) electrons. The molecule has 0 saturated heterocycles. The van der Waals surface area contributed by atoms with E-state index >= 15 is 0 Å². The van der Waals surface area contributed by atoms with Crippen molar-refractivity contribution in [1.29, 1.82) is 0 Å². The SMILES string of the molecule is Cc1cn([C@H](C)OC(CO)[C@@H](O)F)c(=S)[nH]c1=O. The molecule has 0 aliphatic rings. The number of aryl methyl sites for hydroxylation is 1. The molecular weight excluding hydrogens is 263 g/mol. The third kappa shape index (κ3) is 3.45. The van der Waals surface area contributed by atoms with Gasteiger partial charge in [0.05, 0.1) is 6.61 Å². The largest absolute Gasteiger partial charge is 0.393 e. The number of aliphatic hydroxyl groups is 2. The molecule has 0 amide bonds. The van der Waals surface area contributed by atoms with Gasteiger partial charge in [0, 0.05) is 11.8 Å². The van der Waals surface area contributed by atoms with Gasteiger partial charge in [0.2, 0.25) is 6.36 Å². The Bertz CT molecular complexity index is 513. The van der Waals surface area contributed by atoms with Crippen molar-refractivity contribution < 1.29 is 19.3 Å². The molecule has 0 aliphatic heterocycles. The fraction of sp³-hybridized carbons (Fsp3) is 0.600. The third-order valence-corrected chi connectivity index (χ3v) is 2.71. The number of aliphatic hydroxyl groups excluding tert-OH is 2. The normalized spacial score (nSPS) is 16.3. The Labute approximate surface area is 108 Å². The van der Waals surface area contributed by atoms with Crippen LogP contribution in [0.1, 0.15) is 18.7 Å². The summed E-state index contributed by atoms with van der Waals surface area (Å²) in [7, 11) is 0. The van der Waals surface area contributed by atoms with Crippen LogP contribution in [0.4, 0.5) is 4.39 Å². The van der Waals surface area contributed by atoms with Crippen LogP contribution in [0.5, 0.6) is 0 Å². The Morgan fingerprint density at radius 2 is 2.28 bits per heavy atom. The molecule has 0 saturated carbocycles. The zero-order valence-electron chi connectivity index (χ0n) is 9.96. The van der Waals surface area contributed by atoms with Crippen molar-refractivity contribution in [2.45, 2.75) is 32.5 Å². The first-order valence-corrected chi connectivity index (χ1v) is 5.68. The molecule has 1 aromatic heterocycles. The van der Waals surface area contributed by atoms with E-state index in [-0.39, 0.29) is 10.3 Å². The van der Waals surface area contributed by atoms with E-state index in [9.17, 15) is 9.18 Å². The zero-order chi connectivity index (χ0) is 13.9. The number of H-pyrrole nitrogens is 1. The molecule has 1 unspecified atom stereocenters. The molecular formula is C10H15FN2O4S. The van der Waals surface area contributed by atoms with E-state index in [0.717, 1.165) is 0 Å². The van der Waals surface area contributed by atoms with Crippen molar-refractivity contribution in [1.82, 2.24) is 9.55 Å². The molecule has 1 aromatic rings. The number of nitrogens with one attached hydrogen (secondary N) is 1. The van der Waals surface area contributed by atoms with Crippen LogP contribution in [0.2, 0.25) is 0 Å². The van der Waals surface area contributed by atoms with E-state index in [4.69, 9.17) is 27.2 Å². The maximum absolute atomic E-state index is 12.7. The fourth-order valence-electron chi connectivity index (χ4n) is 1.37. The summed E-state index contributed by atoms with van der Waals surface area (Å²) >= 11 is 4.94. The minimum absolute atomic E-state index is 0.114. The number of alkyl halides is 1. The van der Waals surface area contributed by atoms with E-state index in [2.05, 4.69) is 4.98 Å². The van der Waals surface area contributed by atoms with Crippen LogP contribution in [0.15, 0.2) is 11.0 Å². The monoisotopic (exact) mass is 278 g/mol. The molecule has 8 heteroatoms. The lowest BCUT2D eigenvalue weighted by Gasteiger charge is -2.23. The second kappa shape index (κ2) is 6.19. The van der Waals surface area contributed by atoms with Crippen molar-refractivity contribution >= 4 is 12.2 Å². The van der Waals surface area contributed by atoms with Crippen LogP contribution in [-0.4, -0.2) is 38.8 Å². The van der Waals surface area contributed by atoms with Gasteiger partial charge >= 0.3 is 0 Å². The molecule has 6 nitrogen and oxygen atoms in total. The van der Waals surface area contributed by atoms with E-state index < -0.39 is 25.3 Å². The quantitative estimate of drug-likeness (QED) is 0.679. The lowest BCUT2D eigenvalue weighted by atomic mass is 10.3. The first-order chi connectivity index (χ1) is 8.36. The van der Waals surface area contributed by atoms with Crippen LogP contribution >= 0.6 is 12.2 Å². The average molecular weight is 278 g/mol. The Balaban J connectivity index is 2.97. The zero-order valence-corrected chi connectivity index (χ0v) is 10.8. The highest BCUT2D eigenvalue weighted by Gasteiger charge is 2.21. The Morgan fingerprint density at radius 1 is 1.67 bits per heavy atom. The standard InChI is InChI=1S/C10H15FN2O4S/c1-5-3-13(10(18)12-9(5)16)6(2)17-7(4-14)8(11)15/h3,6-8,14-15H,4H2,1-2H3,(H,12,16,18)/t6-,7?,8+/m0/s1. The predicted molar refractivity (Wildman–Crippen MR) is 64.4 cm³/mol. The molecule has 0 aliphatic carbocycles. The van der Waals surface area contributed by atoms with E-state index in [1.54, 1.807) is 13.8 Å². The molecule has 3 N–H and O–H groups in total. The number of nitrogens with zero attached hydrogens (tertiary/aromatic N) is 1. The van der Waals surface area contributed by atoms with E-state index in [0.29, 0.717) is 5.56 Å². The Hall–Kier alpha value is -1.09. The summed E-state index contributed by atoms with van der Waals surface area (Å²) in [4.78, 5) is 13.7. The van der Waals surface area contributed by atoms with Gasteiger partial charge in [-0.05, 0) is 26.1 Å². The molecule has 0 fully saturated rings. The highest BCUT2D eigenvalue weighted by Crippen LogP contribution is 2.13. The maximum Gasteiger partial charge on any atom is 0.254 e. The minimum Gasteiger partial charge on any atom is -0.393 e. The van der Waals surface area contributed by atoms with Gasteiger partial charge in [0.15, 0.2) is 4.77 Å². The van der Waals surface area contributed by atoms with Crippen molar-refractivity contribution in [2.24, 2.45) is 0 Å². The van der Waals surface area contributed by atoms with Gasteiger partial charge in [-0.1, -0.05) is 0 Å². The molecule has 18 heavy (non-hydrogen) atoms. The van der Waals surface area contributed by atoms with Gasteiger partial charge in [-0.2, -0.15) is 0 Å². The van der Waals surface area contributed by atoms with Crippen LogP contribution in [0.3, 0.4) is 0 Å². The predicted octanol–water partition coefficient (Wildman–Crippen LogP) is 0.398. The van der Waals surface area contributed by atoms with Crippen LogP contribution < -0.4 is 5.56 Å². The first kappa shape index (κ1) is 15.0. The molecule has 1 heterocycles. The summed E-state index contributed by atoms with van der Waals surface area (Å²) in [5.74, 6) is 0. The summed E-state index contributed by atoms with van der Waals surface area (Å²) in [5.41, 5.74) is 0.105. The molecule has 3 atom stereocenters. The first-order valence-electron chi connectivity index (χ1n) is 5.27. The highest BCUT2D eigenvalue weighted by molar-refractivity contribution is 7.71. The van der Waals surface area contributed by atoms with Gasteiger partial charge in [0.25, 0.3) is 5.56 Å². The summed E-state index contributed by atoms with van der Waals surface area (Å²) in [6.07, 6.45) is -2.94. The maximum atomic E-state index is 12.7. The fourth-order valence-corrected chi connectivity index (χ4v) is 1.66. The minimum atomic E-state index is -2.30.